The van der Waals surface area contributed by atoms with Gasteiger partial charge in [0.25, 0.3) is 0 Å². The summed E-state index contributed by atoms with van der Waals surface area (Å²) < 4.78 is 32.0. The first-order valence-electron chi connectivity index (χ1n) is 7.31. The first kappa shape index (κ1) is 16.9. The van der Waals surface area contributed by atoms with Crippen molar-refractivity contribution in [2.24, 2.45) is 11.7 Å². The first-order valence-corrected chi connectivity index (χ1v) is 8.75. The van der Waals surface area contributed by atoms with E-state index >= 15 is 0 Å². The van der Waals surface area contributed by atoms with Gasteiger partial charge in [0.2, 0.25) is 10.0 Å². The fraction of sp³-hybridized carbons (Fsp3) is 0.533. The number of nitrogens with zero attached hydrogens (tertiary/aromatic N) is 1. The largest absolute Gasteiger partial charge is 0.465 e. The van der Waals surface area contributed by atoms with Crippen molar-refractivity contribution in [1.29, 1.82) is 0 Å². The number of benzene rings is 1. The van der Waals surface area contributed by atoms with Gasteiger partial charge in [-0.15, -0.1) is 0 Å². The zero-order valence-corrected chi connectivity index (χ0v) is 13.7. The standard InChI is InChI=1S/C15H22N2O4S/c1-11-7-8-17(12(9-11)10-16)22(19,20)14-6-4-3-5-13(14)15(18)21-2/h3-6,11-12H,7-10,16H2,1-2H3. The van der Waals surface area contributed by atoms with Crippen LogP contribution >= 0.6 is 0 Å². The summed E-state index contributed by atoms with van der Waals surface area (Å²) in [6, 6.07) is 5.88. The van der Waals surface area contributed by atoms with Crippen molar-refractivity contribution >= 4 is 16.0 Å². The summed E-state index contributed by atoms with van der Waals surface area (Å²) >= 11 is 0. The number of hydrogen-bond acceptors (Lipinski definition) is 5. The normalized spacial score (nSPS) is 23.2. The number of hydrogen-bond donors (Lipinski definition) is 1. The minimum absolute atomic E-state index is 0.0187. The maximum Gasteiger partial charge on any atom is 0.339 e. The maximum atomic E-state index is 13.0. The summed E-state index contributed by atoms with van der Waals surface area (Å²) in [4.78, 5) is 11.8. The molecule has 6 nitrogen and oxygen atoms in total. The Kier molecular flexibility index (Phi) is 5.20. The SMILES string of the molecule is COC(=O)c1ccccc1S(=O)(=O)N1CCC(C)CC1CN. The molecule has 0 amide bonds. The highest BCUT2D eigenvalue weighted by Crippen LogP contribution is 2.29. The molecule has 2 atom stereocenters. The summed E-state index contributed by atoms with van der Waals surface area (Å²) in [5, 5.41) is 0. The number of nitrogens with two attached hydrogens (primary N) is 1. The monoisotopic (exact) mass is 326 g/mol. The van der Waals surface area contributed by atoms with Gasteiger partial charge in [-0.2, -0.15) is 4.31 Å². The molecular formula is C15H22N2O4S. The van der Waals surface area contributed by atoms with E-state index in [0.29, 0.717) is 12.5 Å². The number of carbonyl (C=O) groups excluding carboxylic acids is 1. The van der Waals surface area contributed by atoms with Gasteiger partial charge in [0, 0.05) is 19.1 Å². The topological polar surface area (TPSA) is 89.7 Å². The number of rotatable bonds is 4. The Bertz CT molecular complexity index is 645. The van der Waals surface area contributed by atoms with Crippen molar-refractivity contribution in [3.05, 3.63) is 29.8 Å². The highest BCUT2D eigenvalue weighted by Gasteiger charge is 2.36. The number of methoxy groups -OCH3 is 1. The maximum absolute atomic E-state index is 13.0. The molecule has 1 heterocycles. The zero-order valence-electron chi connectivity index (χ0n) is 12.9. The van der Waals surface area contributed by atoms with Gasteiger partial charge in [-0.3, -0.25) is 0 Å². The van der Waals surface area contributed by atoms with Crippen LogP contribution in [0.1, 0.15) is 30.1 Å². The summed E-state index contributed by atoms with van der Waals surface area (Å²) in [6.45, 7) is 2.78. The van der Waals surface area contributed by atoms with Gasteiger partial charge < -0.3 is 10.5 Å². The number of esters is 1. The number of carbonyl (C=O) groups is 1. The van der Waals surface area contributed by atoms with Crippen LogP contribution in [0, 0.1) is 5.92 Å². The van der Waals surface area contributed by atoms with Crippen LogP contribution in [-0.4, -0.2) is 44.9 Å². The Balaban J connectivity index is 2.44. The predicted molar refractivity (Wildman–Crippen MR) is 82.9 cm³/mol. The second-order valence-electron chi connectivity index (χ2n) is 5.62. The summed E-state index contributed by atoms with van der Waals surface area (Å²) in [5.41, 5.74) is 5.81. The van der Waals surface area contributed by atoms with Crippen molar-refractivity contribution < 1.29 is 17.9 Å². The smallest absolute Gasteiger partial charge is 0.339 e. The Morgan fingerprint density at radius 3 is 2.73 bits per heavy atom. The molecule has 0 radical (unpaired) electrons. The van der Waals surface area contributed by atoms with E-state index in [0.717, 1.165) is 12.8 Å². The molecule has 2 rings (SSSR count). The third-order valence-corrected chi connectivity index (χ3v) is 6.09. The molecule has 1 aliphatic heterocycles. The molecular weight excluding hydrogens is 304 g/mol. The van der Waals surface area contributed by atoms with E-state index in [-0.39, 0.29) is 23.0 Å². The van der Waals surface area contributed by atoms with E-state index in [1.54, 1.807) is 12.1 Å². The van der Waals surface area contributed by atoms with Crippen LogP contribution in [0.2, 0.25) is 0 Å². The second-order valence-corrected chi connectivity index (χ2v) is 7.48. The summed E-state index contributed by atoms with van der Waals surface area (Å²) in [7, 11) is -2.55. The average molecular weight is 326 g/mol. The zero-order chi connectivity index (χ0) is 16.3. The Labute approximate surface area is 131 Å². The van der Waals surface area contributed by atoms with E-state index < -0.39 is 16.0 Å². The highest BCUT2D eigenvalue weighted by atomic mass is 32.2. The van der Waals surface area contributed by atoms with Crippen molar-refractivity contribution in [2.45, 2.75) is 30.7 Å². The molecule has 1 aliphatic rings. The number of ether oxygens (including phenoxy) is 1. The van der Waals surface area contributed by atoms with Crippen molar-refractivity contribution in [2.75, 3.05) is 20.2 Å². The first-order chi connectivity index (χ1) is 10.4. The molecule has 1 saturated heterocycles. The highest BCUT2D eigenvalue weighted by molar-refractivity contribution is 7.89. The minimum atomic E-state index is -3.78. The number of piperidine rings is 1. The van der Waals surface area contributed by atoms with Gasteiger partial charge in [-0.05, 0) is 30.9 Å². The summed E-state index contributed by atoms with van der Waals surface area (Å²) in [5.74, 6) is -0.218. The molecule has 22 heavy (non-hydrogen) atoms. The van der Waals surface area contributed by atoms with Crippen molar-refractivity contribution in [3.8, 4) is 0 Å². The van der Waals surface area contributed by atoms with E-state index in [9.17, 15) is 13.2 Å². The van der Waals surface area contributed by atoms with Crippen LogP contribution in [0.3, 0.4) is 0 Å². The molecule has 2 unspecified atom stereocenters. The van der Waals surface area contributed by atoms with Crippen molar-refractivity contribution in [1.82, 2.24) is 4.31 Å². The average Bonchev–Trinajstić information content (AvgIpc) is 2.53. The fourth-order valence-corrected chi connectivity index (χ4v) is 4.70. The van der Waals surface area contributed by atoms with Crippen LogP contribution in [0.5, 0.6) is 0 Å². The Hall–Kier alpha value is -1.44. The number of sulfonamides is 1. The lowest BCUT2D eigenvalue weighted by molar-refractivity contribution is 0.0596. The van der Waals surface area contributed by atoms with E-state index in [1.807, 2.05) is 0 Å². The lowest BCUT2D eigenvalue weighted by Gasteiger charge is -2.37. The van der Waals surface area contributed by atoms with Gasteiger partial charge >= 0.3 is 5.97 Å². The quantitative estimate of drug-likeness (QED) is 0.840. The van der Waals surface area contributed by atoms with Crippen LogP contribution < -0.4 is 5.73 Å². The molecule has 7 heteroatoms. The Morgan fingerprint density at radius 1 is 1.41 bits per heavy atom. The van der Waals surface area contributed by atoms with Crippen molar-refractivity contribution in [3.63, 3.8) is 0 Å². The third kappa shape index (κ3) is 3.16. The molecule has 1 fully saturated rings. The van der Waals surface area contributed by atoms with Crippen LogP contribution in [-0.2, 0) is 14.8 Å². The van der Waals surface area contributed by atoms with Gasteiger partial charge in [0.1, 0.15) is 0 Å². The van der Waals surface area contributed by atoms with Crippen LogP contribution in [0.15, 0.2) is 29.2 Å². The Morgan fingerprint density at radius 2 is 2.09 bits per heavy atom. The molecule has 0 bridgehead atoms. The molecule has 0 spiro atoms. The molecule has 122 valence electrons. The second kappa shape index (κ2) is 6.76. The lowest BCUT2D eigenvalue weighted by atomic mass is 9.94. The van der Waals surface area contributed by atoms with E-state index in [2.05, 4.69) is 11.7 Å². The van der Waals surface area contributed by atoms with Gasteiger partial charge in [0.15, 0.2) is 0 Å². The molecule has 0 aromatic heterocycles. The van der Waals surface area contributed by atoms with Gasteiger partial charge in [-0.1, -0.05) is 19.1 Å². The molecule has 0 aliphatic carbocycles. The summed E-state index contributed by atoms with van der Waals surface area (Å²) in [6.07, 6.45) is 1.52. The minimum Gasteiger partial charge on any atom is -0.465 e. The van der Waals surface area contributed by atoms with Gasteiger partial charge in [0.05, 0.1) is 17.6 Å². The predicted octanol–water partition coefficient (Wildman–Crippen LogP) is 1.22. The van der Waals surface area contributed by atoms with E-state index in [1.165, 1.54) is 23.5 Å². The van der Waals surface area contributed by atoms with Crippen LogP contribution in [0.4, 0.5) is 0 Å². The fourth-order valence-electron chi connectivity index (χ4n) is 2.86. The third-order valence-electron chi connectivity index (χ3n) is 4.08. The lowest BCUT2D eigenvalue weighted by Crippen LogP contribution is -2.49. The van der Waals surface area contributed by atoms with Gasteiger partial charge in [-0.25, -0.2) is 13.2 Å². The van der Waals surface area contributed by atoms with Crippen LogP contribution in [0.25, 0.3) is 0 Å². The molecule has 0 saturated carbocycles. The molecule has 1 aromatic rings. The molecule has 1 aromatic carbocycles. The molecule has 2 N–H and O–H groups in total. The van der Waals surface area contributed by atoms with E-state index in [4.69, 9.17) is 5.73 Å².